The Kier molecular flexibility index (Phi) is 10.8. The molecule has 1 aliphatic carbocycles. The second-order valence-corrected chi connectivity index (χ2v) is 14.0. The number of amides is 2. The van der Waals surface area contributed by atoms with Crippen LogP contribution in [0.3, 0.4) is 0 Å². The van der Waals surface area contributed by atoms with Gasteiger partial charge in [0, 0.05) is 30.5 Å². The number of hydrogen-bond acceptors (Lipinski definition) is 8. The van der Waals surface area contributed by atoms with Crippen LogP contribution in [0.1, 0.15) is 28.7 Å². The number of anilines is 1. The number of aromatic nitrogens is 1. The molecule has 4 N–H and O–H groups in total. The molecule has 0 aliphatic heterocycles. The molecule has 12 nitrogen and oxygen atoms in total. The van der Waals surface area contributed by atoms with Crippen LogP contribution < -0.4 is 21.4 Å². The average molecular weight is 678 g/mol. The van der Waals surface area contributed by atoms with Crippen molar-refractivity contribution in [3.05, 3.63) is 94.6 Å². The maximum Gasteiger partial charge on any atom is 0.267 e. The smallest absolute Gasteiger partial charge is 0.267 e. The molecular formula is C32H32FN7O5S2. The van der Waals surface area contributed by atoms with Gasteiger partial charge in [-0.25, -0.2) is 22.8 Å². The molecule has 1 heterocycles. The predicted molar refractivity (Wildman–Crippen MR) is 179 cm³/mol. The van der Waals surface area contributed by atoms with Crippen molar-refractivity contribution < 1.29 is 27.1 Å². The molecule has 1 saturated carbocycles. The van der Waals surface area contributed by atoms with Gasteiger partial charge in [-0.3, -0.25) is 9.59 Å². The first kappa shape index (κ1) is 33.5. The minimum Gasteiger partial charge on any atom is -0.384 e. The highest BCUT2D eigenvalue weighted by molar-refractivity contribution is 7.92. The molecule has 0 radical (unpaired) electrons. The fourth-order valence-electron chi connectivity index (χ4n) is 4.59. The van der Waals surface area contributed by atoms with Gasteiger partial charge in [0.25, 0.3) is 5.96 Å². The largest absolute Gasteiger partial charge is 0.384 e. The topological polar surface area (TPSA) is 155 Å². The van der Waals surface area contributed by atoms with Crippen molar-refractivity contribution in [1.29, 1.82) is 0 Å². The first-order chi connectivity index (χ1) is 22.7. The number of thiazole rings is 1. The van der Waals surface area contributed by atoms with E-state index in [0.717, 1.165) is 29.7 Å². The molecule has 1 aromatic heterocycles. The fraction of sp³-hybridized carbons (Fsp3) is 0.281. The monoisotopic (exact) mass is 677 g/mol. The van der Waals surface area contributed by atoms with E-state index in [0.29, 0.717) is 22.5 Å². The molecule has 1 atom stereocenters. The van der Waals surface area contributed by atoms with Gasteiger partial charge in [-0.15, -0.1) is 11.3 Å². The molecule has 1 fully saturated rings. The summed E-state index contributed by atoms with van der Waals surface area (Å²) in [4.78, 5) is 37.3. The Morgan fingerprint density at radius 2 is 1.89 bits per heavy atom. The molecule has 3 aromatic carbocycles. The standard InChI is InChI=1S/C32H32FN7O5S2/c1-34-40-32(36-18-20-6-4-3-5-7-20)38-23-10-8-21(9-11-23)24-16-27-26(17-25(24)33)39-31(46-27)29(47(43,44)15-14-45-2)30(42)35-19-28(41)37-22-12-13-22/h3-11,16-17,22,29H,12-15,18-19H2,2H3,(H,35,42)(H,37,41)(H2,36,38,40). The minimum absolute atomic E-state index is 0.0399. The summed E-state index contributed by atoms with van der Waals surface area (Å²) in [6.45, 7) is 7.00. The number of ether oxygens (including phenoxy) is 1. The summed E-state index contributed by atoms with van der Waals surface area (Å²) < 4.78 is 47.4. The summed E-state index contributed by atoms with van der Waals surface area (Å²) >= 11 is 0.963. The van der Waals surface area contributed by atoms with Gasteiger partial charge in [0.2, 0.25) is 11.8 Å². The number of methoxy groups -OCH3 is 1. The van der Waals surface area contributed by atoms with Crippen molar-refractivity contribution in [2.45, 2.75) is 30.7 Å². The quantitative estimate of drug-likeness (QED) is 0.0717. The molecule has 0 saturated heterocycles. The Morgan fingerprint density at radius 3 is 2.57 bits per heavy atom. The van der Waals surface area contributed by atoms with Gasteiger partial charge >= 0.3 is 0 Å². The Bertz CT molecular complexity index is 1920. The number of halogens is 1. The van der Waals surface area contributed by atoms with E-state index in [1.165, 1.54) is 13.2 Å². The van der Waals surface area contributed by atoms with Crippen molar-refractivity contribution in [3.8, 4) is 11.1 Å². The van der Waals surface area contributed by atoms with Gasteiger partial charge in [0.15, 0.2) is 15.1 Å². The van der Waals surface area contributed by atoms with E-state index in [-0.39, 0.29) is 41.2 Å². The molecule has 0 spiro atoms. The normalized spacial score (nSPS) is 13.9. The van der Waals surface area contributed by atoms with Crippen molar-refractivity contribution in [2.75, 3.05) is 31.3 Å². The van der Waals surface area contributed by atoms with E-state index in [1.807, 2.05) is 30.3 Å². The van der Waals surface area contributed by atoms with Crippen LogP contribution in [0.5, 0.6) is 0 Å². The van der Waals surface area contributed by atoms with Gasteiger partial charge in [-0.2, -0.15) is 11.5 Å². The lowest BCUT2D eigenvalue weighted by atomic mass is 10.0. The van der Waals surface area contributed by atoms with Gasteiger partial charge in [0.1, 0.15) is 10.8 Å². The molecular weight excluding hydrogens is 646 g/mol. The van der Waals surface area contributed by atoms with Crippen molar-refractivity contribution in [1.82, 2.24) is 21.0 Å². The van der Waals surface area contributed by atoms with Crippen LogP contribution in [0.15, 0.2) is 71.7 Å². The van der Waals surface area contributed by atoms with Crippen LogP contribution in [-0.2, 0) is 30.7 Å². The number of nitrogens with one attached hydrogen (secondary N) is 4. The molecule has 1 aliphatic rings. The zero-order valence-electron chi connectivity index (χ0n) is 25.3. The third-order valence-corrected chi connectivity index (χ3v) is 10.3. The molecule has 1 unspecified atom stereocenters. The first-order valence-corrected chi connectivity index (χ1v) is 17.2. The summed E-state index contributed by atoms with van der Waals surface area (Å²) in [5.74, 6) is -2.09. The molecule has 4 aromatic rings. The van der Waals surface area contributed by atoms with Crippen LogP contribution >= 0.6 is 11.3 Å². The van der Waals surface area contributed by atoms with E-state index in [9.17, 15) is 18.0 Å². The van der Waals surface area contributed by atoms with Gasteiger partial charge in [-0.05, 0) is 42.2 Å². The second kappa shape index (κ2) is 15.1. The lowest BCUT2D eigenvalue weighted by Gasteiger charge is -2.15. The molecule has 0 bridgehead atoms. The number of carbonyl (C=O) groups excluding carboxylic acids is 2. The van der Waals surface area contributed by atoms with E-state index in [2.05, 4.69) is 36.3 Å². The van der Waals surface area contributed by atoms with E-state index >= 15 is 4.39 Å². The number of aliphatic imine (C=N–C) groups is 1. The van der Waals surface area contributed by atoms with Crippen LogP contribution in [0.4, 0.5) is 10.1 Å². The molecule has 47 heavy (non-hydrogen) atoms. The number of nitrogens with zero attached hydrogens (tertiary/aromatic N) is 3. The van der Waals surface area contributed by atoms with Crippen molar-refractivity contribution in [3.63, 3.8) is 0 Å². The van der Waals surface area contributed by atoms with Crippen LogP contribution in [0.2, 0.25) is 0 Å². The predicted octanol–water partition coefficient (Wildman–Crippen LogP) is 3.99. The highest BCUT2D eigenvalue weighted by atomic mass is 32.2. The molecule has 5 rings (SSSR count). The highest BCUT2D eigenvalue weighted by Gasteiger charge is 2.37. The average Bonchev–Trinajstić information content (AvgIpc) is 3.79. The Labute approximate surface area is 275 Å². The van der Waals surface area contributed by atoms with Gasteiger partial charge in [0.05, 0.1) is 35.7 Å². The lowest BCUT2D eigenvalue weighted by Crippen LogP contribution is -2.41. The SMILES string of the molecule is [C-]#[N+]NC(=NCc1ccccc1)Nc1ccc(-c2cc3sc(C(C(=O)NCC(=O)NC4CC4)S(=O)(=O)CCOC)nc3cc2F)cc1. The first-order valence-electron chi connectivity index (χ1n) is 14.6. The minimum atomic E-state index is -4.11. The summed E-state index contributed by atoms with van der Waals surface area (Å²) in [5.41, 5.74) is 5.07. The molecule has 244 valence electrons. The van der Waals surface area contributed by atoms with Crippen LogP contribution in [0.25, 0.3) is 26.3 Å². The summed E-state index contributed by atoms with van der Waals surface area (Å²) in [7, 11) is -2.76. The summed E-state index contributed by atoms with van der Waals surface area (Å²) in [6.07, 6.45) is 1.73. The van der Waals surface area contributed by atoms with Crippen LogP contribution in [0, 0.1) is 12.4 Å². The number of guanidine groups is 1. The van der Waals surface area contributed by atoms with Crippen LogP contribution in [-0.4, -0.2) is 63.2 Å². The Balaban J connectivity index is 1.36. The second-order valence-electron chi connectivity index (χ2n) is 10.7. The Hall–Kier alpha value is -4.91. The maximum atomic E-state index is 15.4. The Morgan fingerprint density at radius 1 is 1.15 bits per heavy atom. The molecule has 15 heteroatoms. The third kappa shape index (κ3) is 8.88. The lowest BCUT2D eigenvalue weighted by molar-refractivity contribution is -0.126. The van der Waals surface area contributed by atoms with Gasteiger partial charge < -0.3 is 20.7 Å². The number of sulfone groups is 1. The molecule has 2 amide bonds. The number of hydrogen-bond donors (Lipinski definition) is 4. The highest BCUT2D eigenvalue weighted by Crippen LogP contribution is 2.35. The van der Waals surface area contributed by atoms with E-state index < -0.39 is 38.5 Å². The van der Waals surface area contributed by atoms with E-state index in [4.69, 9.17) is 11.3 Å². The van der Waals surface area contributed by atoms with Gasteiger partial charge in [-0.1, -0.05) is 47.9 Å². The summed E-state index contributed by atoms with van der Waals surface area (Å²) in [6, 6.07) is 19.2. The number of rotatable bonds is 13. The zero-order chi connectivity index (χ0) is 33.4. The zero-order valence-corrected chi connectivity index (χ0v) is 27.0. The number of fused-ring (bicyclic) bond motifs is 1. The third-order valence-electron chi connectivity index (χ3n) is 7.14. The van der Waals surface area contributed by atoms with E-state index in [1.54, 1.807) is 30.3 Å². The number of carbonyl (C=O) groups is 2. The van der Waals surface area contributed by atoms with Crippen molar-refractivity contribution in [2.24, 2.45) is 4.99 Å². The maximum absolute atomic E-state index is 15.4. The van der Waals surface area contributed by atoms with Crippen molar-refractivity contribution >= 4 is 54.9 Å². The fourth-order valence-corrected chi connectivity index (χ4v) is 7.55. The number of benzene rings is 3. The summed E-state index contributed by atoms with van der Waals surface area (Å²) in [5, 5.41) is 6.46.